The largest absolute Gasteiger partial charge is 0.469 e. The van der Waals surface area contributed by atoms with E-state index in [-0.39, 0.29) is 12.4 Å². The van der Waals surface area contributed by atoms with Crippen LogP contribution >= 0.6 is 0 Å². The first-order valence-electron chi connectivity index (χ1n) is 4.91. The molecule has 0 rings (SSSR count). The summed E-state index contributed by atoms with van der Waals surface area (Å²) in [6.45, 7) is 0. The molecule has 1 atom stereocenters. The van der Waals surface area contributed by atoms with Crippen molar-refractivity contribution in [2.24, 2.45) is 0 Å². The van der Waals surface area contributed by atoms with Crippen LogP contribution in [0.15, 0.2) is 0 Å². The minimum atomic E-state index is -0.685. The maximum atomic E-state index is 10.8. The summed E-state index contributed by atoms with van der Waals surface area (Å²) in [5.41, 5.74) is 0. The monoisotopic (exact) mass is 218 g/mol. The van der Waals surface area contributed by atoms with Gasteiger partial charge in [0.15, 0.2) is 0 Å². The quantitative estimate of drug-likeness (QED) is 0.501. The smallest absolute Gasteiger partial charge is 0.308 e. The molecule has 0 aromatic carbocycles. The normalized spacial score (nSPS) is 11.9. The second-order valence-corrected chi connectivity index (χ2v) is 3.26. The Hall–Kier alpha value is -1.10. The van der Waals surface area contributed by atoms with Gasteiger partial charge in [0.25, 0.3) is 0 Å². The summed E-state index contributed by atoms with van der Waals surface area (Å²) < 4.78 is 8.87. The van der Waals surface area contributed by atoms with Crippen LogP contribution in [-0.2, 0) is 19.1 Å². The Bertz CT molecular complexity index is 202. The van der Waals surface area contributed by atoms with Gasteiger partial charge in [-0.3, -0.25) is 9.59 Å². The minimum absolute atomic E-state index is 0.00865. The summed E-state index contributed by atoms with van der Waals surface area (Å²) >= 11 is 0. The number of esters is 2. The molecule has 0 spiro atoms. The van der Waals surface area contributed by atoms with Gasteiger partial charge in [-0.05, 0) is 12.8 Å². The Labute approximate surface area is 89.4 Å². The SMILES string of the molecule is COC(=O)CCCC[C@H](O)CC(=O)OC. The average molecular weight is 218 g/mol. The molecule has 0 fully saturated rings. The molecule has 0 aliphatic heterocycles. The maximum Gasteiger partial charge on any atom is 0.308 e. The van der Waals surface area contributed by atoms with Gasteiger partial charge in [0.2, 0.25) is 0 Å². The predicted molar refractivity (Wildman–Crippen MR) is 53.1 cm³/mol. The first kappa shape index (κ1) is 13.9. The van der Waals surface area contributed by atoms with Gasteiger partial charge >= 0.3 is 11.9 Å². The second kappa shape index (κ2) is 8.23. The topological polar surface area (TPSA) is 72.8 Å². The number of ether oxygens (including phenoxy) is 2. The van der Waals surface area contributed by atoms with Crippen molar-refractivity contribution in [2.45, 2.75) is 38.2 Å². The second-order valence-electron chi connectivity index (χ2n) is 3.26. The van der Waals surface area contributed by atoms with Crippen molar-refractivity contribution in [3.8, 4) is 0 Å². The molecule has 0 aromatic heterocycles. The number of aliphatic hydroxyl groups is 1. The number of unbranched alkanes of at least 4 members (excludes halogenated alkanes) is 1. The summed E-state index contributed by atoms with van der Waals surface area (Å²) in [6.07, 6.45) is 1.51. The maximum absolute atomic E-state index is 10.8. The van der Waals surface area contributed by atoms with Crippen LogP contribution in [0.3, 0.4) is 0 Å². The summed E-state index contributed by atoms with van der Waals surface area (Å²) in [7, 11) is 2.63. The highest BCUT2D eigenvalue weighted by Crippen LogP contribution is 2.07. The van der Waals surface area contributed by atoms with Crippen molar-refractivity contribution in [1.82, 2.24) is 0 Å². The third-order valence-corrected chi connectivity index (χ3v) is 2.03. The molecular weight excluding hydrogens is 200 g/mol. The zero-order valence-electron chi connectivity index (χ0n) is 9.19. The summed E-state index contributed by atoms with van der Waals surface area (Å²) in [5.74, 6) is -0.673. The standard InChI is InChI=1S/C10H18O5/c1-14-9(12)6-4-3-5-8(11)7-10(13)15-2/h8,11H,3-7H2,1-2H3/t8-/m0/s1. The van der Waals surface area contributed by atoms with Gasteiger partial charge in [-0.25, -0.2) is 0 Å². The van der Waals surface area contributed by atoms with Crippen LogP contribution in [0, 0.1) is 0 Å². The van der Waals surface area contributed by atoms with E-state index in [4.69, 9.17) is 0 Å². The van der Waals surface area contributed by atoms with E-state index < -0.39 is 12.1 Å². The van der Waals surface area contributed by atoms with E-state index in [2.05, 4.69) is 9.47 Å². The highest BCUT2D eigenvalue weighted by Gasteiger charge is 2.10. The van der Waals surface area contributed by atoms with Crippen LogP contribution in [0.4, 0.5) is 0 Å². The zero-order valence-corrected chi connectivity index (χ0v) is 9.19. The molecule has 5 heteroatoms. The van der Waals surface area contributed by atoms with E-state index in [1.807, 2.05) is 0 Å². The van der Waals surface area contributed by atoms with Gasteiger partial charge in [0, 0.05) is 6.42 Å². The minimum Gasteiger partial charge on any atom is -0.469 e. The van der Waals surface area contributed by atoms with E-state index in [9.17, 15) is 14.7 Å². The van der Waals surface area contributed by atoms with Crippen molar-refractivity contribution in [1.29, 1.82) is 0 Å². The molecule has 0 unspecified atom stereocenters. The van der Waals surface area contributed by atoms with Crippen molar-refractivity contribution in [3.63, 3.8) is 0 Å². The summed E-state index contributed by atoms with van der Waals surface area (Å²) in [5, 5.41) is 9.36. The lowest BCUT2D eigenvalue weighted by Crippen LogP contribution is -2.14. The fourth-order valence-electron chi connectivity index (χ4n) is 1.13. The van der Waals surface area contributed by atoms with Crippen LogP contribution in [0.25, 0.3) is 0 Å². The van der Waals surface area contributed by atoms with Gasteiger partial charge in [-0.15, -0.1) is 0 Å². The van der Waals surface area contributed by atoms with Gasteiger partial charge in [-0.2, -0.15) is 0 Å². The molecule has 0 saturated carbocycles. The Balaban J connectivity index is 3.42. The number of hydrogen-bond donors (Lipinski definition) is 1. The molecule has 5 nitrogen and oxygen atoms in total. The van der Waals surface area contributed by atoms with Crippen molar-refractivity contribution < 1.29 is 24.2 Å². The van der Waals surface area contributed by atoms with Gasteiger partial charge in [0.1, 0.15) is 0 Å². The third kappa shape index (κ3) is 7.93. The van der Waals surface area contributed by atoms with Crippen molar-refractivity contribution >= 4 is 11.9 Å². The number of carbonyl (C=O) groups excluding carboxylic acids is 2. The van der Waals surface area contributed by atoms with E-state index in [1.54, 1.807) is 0 Å². The number of carbonyl (C=O) groups is 2. The molecule has 0 aromatic rings. The lowest BCUT2D eigenvalue weighted by molar-refractivity contribution is -0.143. The Morgan fingerprint density at radius 1 is 1.13 bits per heavy atom. The molecule has 0 bridgehead atoms. The van der Waals surface area contributed by atoms with E-state index in [1.165, 1.54) is 14.2 Å². The van der Waals surface area contributed by atoms with Gasteiger partial charge in [-0.1, -0.05) is 6.42 Å². The Kier molecular flexibility index (Phi) is 7.62. The highest BCUT2D eigenvalue weighted by molar-refractivity contribution is 5.69. The molecule has 0 saturated heterocycles. The van der Waals surface area contributed by atoms with E-state index in [0.717, 1.165) is 0 Å². The van der Waals surface area contributed by atoms with Crippen molar-refractivity contribution in [3.05, 3.63) is 0 Å². The van der Waals surface area contributed by atoms with E-state index >= 15 is 0 Å². The molecule has 0 amide bonds. The zero-order chi connectivity index (χ0) is 11.7. The molecule has 0 aliphatic rings. The van der Waals surface area contributed by atoms with Crippen LogP contribution in [-0.4, -0.2) is 37.4 Å². The van der Waals surface area contributed by atoms with Crippen LogP contribution in [0.2, 0.25) is 0 Å². The highest BCUT2D eigenvalue weighted by atomic mass is 16.5. The van der Waals surface area contributed by atoms with Crippen LogP contribution < -0.4 is 0 Å². The molecule has 0 heterocycles. The number of rotatable bonds is 7. The summed E-state index contributed by atoms with van der Waals surface area (Å²) in [6, 6.07) is 0. The molecule has 0 aliphatic carbocycles. The fourth-order valence-corrected chi connectivity index (χ4v) is 1.13. The number of methoxy groups -OCH3 is 2. The molecular formula is C10H18O5. The van der Waals surface area contributed by atoms with Crippen LogP contribution in [0.1, 0.15) is 32.1 Å². The third-order valence-electron chi connectivity index (χ3n) is 2.03. The molecule has 15 heavy (non-hydrogen) atoms. The molecule has 0 radical (unpaired) electrons. The Morgan fingerprint density at radius 2 is 1.73 bits per heavy atom. The summed E-state index contributed by atoms with van der Waals surface area (Å²) in [4.78, 5) is 21.5. The van der Waals surface area contributed by atoms with E-state index in [0.29, 0.717) is 25.7 Å². The molecule has 88 valence electrons. The first-order valence-corrected chi connectivity index (χ1v) is 4.91. The molecule has 1 N–H and O–H groups in total. The average Bonchev–Trinajstić information content (AvgIpc) is 2.23. The Morgan fingerprint density at radius 3 is 2.27 bits per heavy atom. The number of hydrogen-bond acceptors (Lipinski definition) is 5. The van der Waals surface area contributed by atoms with Crippen LogP contribution in [0.5, 0.6) is 0 Å². The first-order chi connectivity index (χ1) is 7.10. The van der Waals surface area contributed by atoms with Crippen molar-refractivity contribution in [2.75, 3.05) is 14.2 Å². The lowest BCUT2D eigenvalue weighted by atomic mass is 10.1. The predicted octanol–water partition coefficient (Wildman–Crippen LogP) is 0.644. The van der Waals surface area contributed by atoms with Gasteiger partial charge < -0.3 is 14.6 Å². The van der Waals surface area contributed by atoms with Gasteiger partial charge in [0.05, 0.1) is 26.7 Å². The fraction of sp³-hybridized carbons (Fsp3) is 0.800. The lowest BCUT2D eigenvalue weighted by Gasteiger charge is -2.08. The number of aliphatic hydroxyl groups excluding tert-OH is 1.